The molecule has 0 radical (unpaired) electrons. The molecule has 0 bridgehead atoms. The SMILES string of the molecule is CC=C(OC)c1cc(C(F)(F)F)cc(C(F)(F)F)c1. The lowest BCUT2D eigenvalue weighted by Crippen LogP contribution is -2.11. The third-order valence-corrected chi connectivity index (χ3v) is 2.35. The molecule has 0 unspecified atom stereocenters. The zero-order valence-corrected chi connectivity index (χ0v) is 9.99. The van der Waals surface area contributed by atoms with Gasteiger partial charge in [-0.15, -0.1) is 0 Å². The second-order valence-corrected chi connectivity index (χ2v) is 3.65. The van der Waals surface area contributed by atoms with Crippen LogP contribution in [0.5, 0.6) is 0 Å². The third kappa shape index (κ3) is 3.65. The van der Waals surface area contributed by atoms with Crippen LogP contribution in [0, 0.1) is 0 Å². The maximum Gasteiger partial charge on any atom is 0.416 e. The summed E-state index contributed by atoms with van der Waals surface area (Å²) in [7, 11) is 1.17. The Morgan fingerprint density at radius 2 is 1.37 bits per heavy atom. The average molecular weight is 284 g/mol. The molecular weight excluding hydrogens is 274 g/mol. The molecule has 1 aromatic rings. The quantitative estimate of drug-likeness (QED) is 0.563. The minimum absolute atomic E-state index is 0.0587. The van der Waals surface area contributed by atoms with E-state index in [4.69, 9.17) is 4.74 Å². The molecule has 0 aliphatic carbocycles. The van der Waals surface area contributed by atoms with Crippen LogP contribution in [0.15, 0.2) is 24.3 Å². The van der Waals surface area contributed by atoms with E-state index in [1.807, 2.05) is 0 Å². The molecule has 0 aromatic heterocycles. The van der Waals surface area contributed by atoms with E-state index in [0.717, 1.165) is 0 Å². The second kappa shape index (κ2) is 5.14. The van der Waals surface area contributed by atoms with E-state index in [1.165, 1.54) is 20.1 Å². The number of halogens is 6. The highest BCUT2D eigenvalue weighted by Gasteiger charge is 2.37. The molecule has 0 aliphatic heterocycles. The van der Waals surface area contributed by atoms with Crippen molar-refractivity contribution in [3.05, 3.63) is 41.0 Å². The van der Waals surface area contributed by atoms with Gasteiger partial charge in [0.2, 0.25) is 0 Å². The summed E-state index contributed by atoms with van der Waals surface area (Å²) in [5.74, 6) is -0.0587. The van der Waals surface area contributed by atoms with Crippen molar-refractivity contribution in [2.75, 3.05) is 7.11 Å². The van der Waals surface area contributed by atoms with Gasteiger partial charge in [0.1, 0.15) is 5.76 Å². The largest absolute Gasteiger partial charge is 0.496 e. The van der Waals surface area contributed by atoms with Crippen LogP contribution in [-0.4, -0.2) is 7.11 Å². The fraction of sp³-hybridized carbons (Fsp3) is 0.333. The zero-order chi connectivity index (χ0) is 14.8. The number of methoxy groups -OCH3 is 1. The summed E-state index contributed by atoms with van der Waals surface area (Å²) in [6, 6.07) is 1.31. The van der Waals surface area contributed by atoms with E-state index in [9.17, 15) is 26.3 Å². The number of allylic oxidation sites excluding steroid dienone is 1. The van der Waals surface area contributed by atoms with E-state index >= 15 is 0 Å². The van der Waals surface area contributed by atoms with Gasteiger partial charge < -0.3 is 4.74 Å². The summed E-state index contributed by atoms with van der Waals surface area (Å²) in [4.78, 5) is 0. The van der Waals surface area contributed by atoms with Crippen molar-refractivity contribution in [3.8, 4) is 0 Å². The smallest absolute Gasteiger partial charge is 0.416 e. The van der Waals surface area contributed by atoms with Crippen molar-refractivity contribution in [2.45, 2.75) is 19.3 Å². The summed E-state index contributed by atoms with van der Waals surface area (Å²) >= 11 is 0. The molecule has 0 N–H and O–H groups in total. The Bertz CT molecular complexity index is 452. The van der Waals surface area contributed by atoms with Crippen LogP contribution >= 0.6 is 0 Å². The lowest BCUT2D eigenvalue weighted by Gasteiger charge is -2.15. The first kappa shape index (κ1) is 15.4. The molecule has 0 saturated heterocycles. The van der Waals surface area contributed by atoms with Crippen molar-refractivity contribution in [3.63, 3.8) is 0 Å². The predicted octanol–water partition coefficient (Wildman–Crippen LogP) is 4.73. The molecule has 7 heteroatoms. The van der Waals surface area contributed by atoms with Crippen molar-refractivity contribution in [2.24, 2.45) is 0 Å². The predicted molar refractivity (Wildman–Crippen MR) is 57.1 cm³/mol. The van der Waals surface area contributed by atoms with Gasteiger partial charge in [0.15, 0.2) is 0 Å². The maximum absolute atomic E-state index is 12.6. The van der Waals surface area contributed by atoms with E-state index in [2.05, 4.69) is 0 Å². The first-order valence-electron chi connectivity index (χ1n) is 5.09. The topological polar surface area (TPSA) is 9.23 Å². The monoisotopic (exact) mass is 284 g/mol. The van der Waals surface area contributed by atoms with Gasteiger partial charge in [-0.3, -0.25) is 0 Å². The van der Waals surface area contributed by atoms with Gasteiger partial charge in [-0.2, -0.15) is 26.3 Å². The highest BCUT2D eigenvalue weighted by Crippen LogP contribution is 2.37. The van der Waals surface area contributed by atoms with Gasteiger partial charge in [-0.25, -0.2) is 0 Å². The molecule has 1 nitrogen and oxygen atoms in total. The molecule has 1 aromatic carbocycles. The van der Waals surface area contributed by atoms with Gasteiger partial charge in [-0.05, 0) is 31.2 Å². The molecular formula is C12H10F6O. The lowest BCUT2D eigenvalue weighted by atomic mass is 10.0. The molecule has 0 atom stereocenters. The Hall–Kier alpha value is -1.66. The molecule has 19 heavy (non-hydrogen) atoms. The number of rotatable bonds is 2. The van der Waals surface area contributed by atoms with Crippen LogP contribution in [0.3, 0.4) is 0 Å². The van der Waals surface area contributed by atoms with Crippen molar-refractivity contribution in [1.82, 2.24) is 0 Å². The summed E-state index contributed by atoms with van der Waals surface area (Å²) in [5.41, 5.74) is -3.00. The van der Waals surface area contributed by atoms with Crippen LogP contribution in [0.2, 0.25) is 0 Å². The standard InChI is InChI=1S/C12H10F6O/c1-3-10(19-2)7-4-8(11(13,14)15)6-9(5-7)12(16,17)18/h3-6H,1-2H3. The molecule has 0 saturated carbocycles. The van der Waals surface area contributed by atoms with Gasteiger partial charge in [0.25, 0.3) is 0 Å². The van der Waals surface area contributed by atoms with Crippen molar-refractivity contribution in [1.29, 1.82) is 0 Å². The number of hydrogen-bond donors (Lipinski definition) is 0. The van der Waals surface area contributed by atoms with Gasteiger partial charge in [0.05, 0.1) is 18.2 Å². The van der Waals surface area contributed by atoms with Crippen molar-refractivity contribution < 1.29 is 31.1 Å². The van der Waals surface area contributed by atoms with Gasteiger partial charge >= 0.3 is 12.4 Å². The molecule has 0 heterocycles. The summed E-state index contributed by atoms with van der Waals surface area (Å²) in [6.07, 6.45) is -8.43. The van der Waals surface area contributed by atoms with E-state index in [-0.39, 0.29) is 17.4 Å². The van der Waals surface area contributed by atoms with Gasteiger partial charge in [0, 0.05) is 5.56 Å². The van der Waals surface area contributed by atoms with Crippen LogP contribution in [-0.2, 0) is 17.1 Å². The molecule has 106 valence electrons. The molecule has 0 aliphatic rings. The molecule has 1 rings (SSSR count). The van der Waals surface area contributed by atoms with Gasteiger partial charge in [-0.1, -0.05) is 0 Å². The fourth-order valence-electron chi connectivity index (χ4n) is 1.50. The van der Waals surface area contributed by atoms with Crippen molar-refractivity contribution >= 4 is 5.76 Å². The van der Waals surface area contributed by atoms with E-state index in [1.54, 1.807) is 0 Å². The average Bonchev–Trinajstić information content (AvgIpc) is 2.28. The number of hydrogen-bond acceptors (Lipinski definition) is 1. The fourth-order valence-corrected chi connectivity index (χ4v) is 1.50. The lowest BCUT2D eigenvalue weighted by molar-refractivity contribution is -0.143. The zero-order valence-electron chi connectivity index (χ0n) is 9.99. The number of ether oxygens (including phenoxy) is 1. The number of benzene rings is 1. The minimum atomic E-state index is -4.86. The Kier molecular flexibility index (Phi) is 4.17. The molecule has 0 amide bonds. The Balaban J connectivity index is 3.50. The second-order valence-electron chi connectivity index (χ2n) is 3.65. The first-order valence-corrected chi connectivity index (χ1v) is 5.09. The Morgan fingerprint density at radius 3 is 1.63 bits per heavy atom. The summed E-state index contributed by atoms with van der Waals surface area (Å²) < 4.78 is 80.2. The minimum Gasteiger partial charge on any atom is -0.496 e. The molecule has 0 fully saturated rings. The summed E-state index contributed by atoms with van der Waals surface area (Å²) in [5, 5.41) is 0. The van der Waals surface area contributed by atoms with Crippen LogP contribution in [0.4, 0.5) is 26.3 Å². The van der Waals surface area contributed by atoms with E-state index < -0.39 is 23.5 Å². The maximum atomic E-state index is 12.6. The highest BCUT2D eigenvalue weighted by atomic mass is 19.4. The Morgan fingerprint density at radius 1 is 0.947 bits per heavy atom. The van der Waals surface area contributed by atoms with Crippen LogP contribution in [0.1, 0.15) is 23.6 Å². The van der Waals surface area contributed by atoms with Crippen LogP contribution in [0.25, 0.3) is 5.76 Å². The van der Waals surface area contributed by atoms with E-state index in [0.29, 0.717) is 12.1 Å². The summed E-state index contributed by atoms with van der Waals surface area (Å²) in [6.45, 7) is 1.45. The first-order chi connectivity index (χ1) is 8.59. The Labute approximate surface area is 105 Å². The third-order valence-electron chi connectivity index (χ3n) is 2.35. The molecule has 0 spiro atoms. The van der Waals surface area contributed by atoms with Crippen LogP contribution < -0.4 is 0 Å². The normalized spacial score (nSPS) is 13.6. The number of alkyl halides is 6. The highest BCUT2D eigenvalue weighted by molar-refractivity contribution is 5.61.